The van der Waals surface area contributed by atoms with E-state index in [2.05, 4.69) is 40.8 Å². The predicted molar refractivity (Wildman–Crippen MR) is 78.7 cm³/mol. The first-order valence-corrected chi connectivity index (χ1v) is 7.25. The van der Waals surface area contributed by atoms with E-state index in [1.165, 1.54) is 10.5 Å². The molecule has 2 aromatic rings. The van der Waals surface area contributed by atoms with Crippen LogP contribution in [0.25, 0.3) is 0 Å². The Hall–Kier alpha value is -1.81. The highest BCUT2D eigenvalue weighted by Crippen LogP contribution is 2.18. The monoisotopic (exact) mass is 272 g/mol. The van der Waals surface area contributed by atoms with Crippen molar-refractivity contribution in [1.29, 1.82) is 0 Å². The van der Waals surface area contributed by atoms with Crippen LogP contribution in [0.2, 0.25) is 0 Å². The van der Waals surface area contributed by atoms with E-state index >= 15 is 0 Å². The molecule has 19 heavy (non-hydrogen) atoms. The number of carbonyl (C=O) groups excluding carboxylic acids is 1. The van der Waals surface area contributed by atoms with Gasteiger partial charge >= 0.3 is 0 Å². The Morgan fingerprint density at radius 2 is 2.00 bits per heavy atom. The molecular weight excluding hydrogens is 256 g/mol. The molecule has 2 rings (SSSR count). The van der Waals surface area contributed by atoms with Gasteiger partial charge in [-0.15, -0.1) is 11.8 Å². The summed E-state index contributed by atoms with van der Waals surface area (Å²) in [5, 5.41) is 2.64. The Kier molecular flexibility index (Phi) is 4.58. The first kappa shape index (κ1) is 13.6. The van der Waals surface area contributed by atoms with Gasteiger partial charge in [-0.05, 0) is 42.0 Å². The summed E-state index contributed by atoms with van der Waals surface area (Å²) in [4.78, 5) is 17.0. The molecule has 0 aliphatic heterocycles. The van der Waals surface area contributed by atoms with E-state index in [0.29, 0.717) is 5.56 Å². The fourth-order valence-electron chi connectivity index (χ4n) is 1.88. The molecule has 1 heterocycles. The lowest BCUT2D eigenvalue weighted by atomic mass is 10.0. The standard InChI is InChI=1S/C15H16N2OS/c1-16-15(18)14-10-17-8-7-12(14)9-11-3-5-13(19-2)6-4-11/h3-8,10H,9H2,1-2H3,(H,16,18). The summed E-state index contributed by atoms with van der Waals surface area (Å²) in [5.41, 5.74) is 2.82. The fourth-order valence-corrected chi connectivity index (χ4v) is 2.29. The summed E-state index contributed by atoms with van der Waals surface area (Å²) < 4.78 is 0. The van der Waals surface area contributed by atoms with Crippen molar-refractivity contribution in [3.63, 3.8) is 0 Å². The topological polar surface area (TPSA) is 42.0 Å². The summed E-state index contributed by atoms with van der Waals surface area (Å²) in [6, 6.07) is 10.3. The van der Waals surface area contributed by atoms with Gasteiger partial charge in [-0.25, -0.2) is 0 Å². The van der Waals surface area contributed by atoms with Crippen molar-refractivity contribution < 1.29 is 4.79 Å². The smallest absolute Gasteiger partial charge is 0.252 e. The minimum absolute atomic E-state index is 0.0937. The van der Waals surface area contributed by atoms with E-state index in [1.54, 1.807) is 31.2 Å². The first-order valence-electron chi connectivity index (χ1n) is 6.02. The minimum Gasteiger partial charge on any atom is -0.355 e. The molecule has 0 atom stereocenters. The number of aromatic nitrogens is 1. The number of pyridine rings is 1. The van der Waals surface area contributed by atoms with Gasteiger partial charge < -0.3 is 5.32 Å². The van der Waals surface area contributed by atoms with Crippen molar-refractivity contribution >= 4 is 17.7 Å². The number of nitrogens with one attached hydrogen (secondary N) is 1. The van der Waals surface area contributed by atoms with Crippen LogP contribution in [0.5, 0.6) is 0 Å². The van der Waals surface area contributed by atoms with Crippen LogP contribution in [0.1, 0.15) is 21.5 Å². The summed E-state index contributed by atoms with van der Waals surface area (Å²) in [6.07, 6.45) is 6.13. The summed E-state index contributed by atoms with van der Waals surface area (Å²) in [7, 11) is 1.63. The quantitative estimate of drug-likeness (QED) is 0.870. The molecule has 3 nitrogen and oxygen atoms in total. The van der Waals surface area contributed by atoms with E-state index in [-0.39, 0.29) is 5.91 Å². The second-order valence-corrected chi connectivity index (χ2v) is 5.02. The largest absolute Gasteiger partial charge is 0.355 e. The molecule has 1 aromatic carbocycles. The fraction of sp³-hybridized carbons (Fsp3) is 0.200. The molecule has 1 aromatic heterocycles. The van der Waals surface area contributed by atoms with E-state index in [0.717, 1.165) is 12.0 Å². The first-order chi connectivity index (χ1) is 9.24. The van der Waals surface area contributed by atoms with Gasteiger partial charge in [0.1, 0.15) is 0 Å². The highest BCUT2D eigenvalue weighted by molar-refractivity contribution is 7.98. The number of rotatable bonds is 4. The maximum Gasteiger partial charge on any atom is 0.252 e. The third-order valence-electron chi connectivity index (χ3n) is 2.94. The molecule has 1 N–H and O–H groups in total. The lowest BCUT2D eigenvalue weighted by Crippen LogP contribution is -2.19. The van der Waals surface area contributed by atoms with Crippen LogP contribution in [-0.2, 0) is 6.42 Å². The molecule has 0 aliphatic carbocycles. The van der Waals surface area contributed by atoms with Gasteiger partial charge in [-0.1, -0.05) is 12.1 Å². The van der Waals surface area contributed by atoms with Crippen molar-refractivity contribution in [3.05, 3.63) is 59.4 Å². The lowest BCUT2D eigenvalue weighted by Gasteiger charge is -2.08. The molecular formula is C15H16N2OS. The number of hydrogen-bond donors (Lipinski definition) is 1. The Bertz CT molecular complexity index is 567. The zero-order valence-electron chi connectivity index (χ0n) is 11.0. The van der Waals surface area contributed by atoms with Crippen molar-refractivity contribution in [1.82, 2.24) is 10.3 Å². The Balaban J connectivity index is 2.25. The van der Waals surface area contributed by atoms with Gasteiger partial charge in [-0.2, -0.15) is 0 Å². The average molecular weight is 272 g/mol. The third-order valence-corrected chi connectivity index (χ3v) is 3.68. The molecule has 1 amide bonds. The van der Waals surface area contributed by atoms with E-state index in [1.807, 2.05) is 6.07 Å². The van der Waals surface area contributed by atoms with Crippen LogP contribution in [0.4, 0.5) is 0 Å². The summed E-state index contributed by atoms with van der Waals surface area (Å²) >= 11 is 1.72. The SMILES string of the molecule is CNC(=O)c1cnccc1Cc1ccc(SC)cc1. The van der Waals surface area contributed by atoms with Crippen LogP contribution in [0, 0.1) is 0 Å². The van der Waals surface area contributed by atoms with Gasteiger partial charge in [0.2, 0.25) is 0 Å². The Labute approximate surface area is 117 Å². The van der Waals surface area contributed by atoms with Crippen LogP contribution in [0.15, 0.2) is 47.6 Å². The highest BCUT2D eigenvalue weighted by Gasteiger charge is 2.10. The molecule has 0 spiro atoms. The van der Waals surface area contributed by atoms with E-state index in [9.17, 15) is 4.79 Å². The maximum atomic E-state index is 11.8. The van der Waals surface area contributed by atoms with Gasteiger partial charge in [-0.3, -0.25) is 9.78 Å². The van der Waals surface area contributed by atoms with E-state index in [4.69, 9.17) is 0 Å². The minimum atomic E-state index is -0.0937. The summed E-state index contributed by atoms with van der Waals surface area (Å²) in [5.74, 6) is -0.0937. The number of carbonyl (C=O) groups is 1. The predicted octanol–water partition coefficient (Wildman–Crippen LogP) is 2.75. The molecule has 0 aliphatic rings. The second kappa shape index (κ2) is 6.38. The van der Waals surface area contributed by atoms with Crippen LogP contribution >= 0.6 is 11.8 Å². The molecule has 98 valence electrons. The average Bonchev–Trinajstić information content (AvgIpc) is 2.48. The van der Waals surface area contributed by atoms with Gasteiger partial charge in [0.15, 0.2) is 0 Å². The van der Waals surface area contributed by atoms with Crippen LogP contribution in [-0.4, -0.2) is 24.2 Å². The zero-order valence-corrected chi connectivity index (χ0v) is 11.8. The van der Waals surface area contributed by atoms with Crippen LogP contribution in [0.3, 0.4) is 0 Å². The lowest BCUT2D eigenvalue weighted by molar-refractivity contribution is 0.0962. The third kappa shape index (κ3) is 3.35. The molecule has 0 fully saturated rings. The highest BCUT2D eigenvalue weighted by atomic mass is 32.2. The van der Waals surface area contributed by atoms with Gasteiger partial charge in [0.25, 0.3) is 5.91 Å². The van der Waals surface area contributed by atoms with Crippen molar-refractivity contribution in [2.45, 2.75) is 11.3 Å². The molecule has 0 radical (unpaired) electrons. The zero-order chi connectivity index (χ0) is 13.7. The Morgan fingerprint density at radius 3 is 2.63 bits per heavy atom. The van der Waals surface area contributed by atoms with Crippen molar-refractivity contribution in [2.24, 2.45) is 0 Å². The van der Waals surface area contributed by atoms with Crippen molar-refractivity contribution in [3.8, 4) is 0 Å². The number of amides is 1. The molecule has 0 saturated carbocycles. The molecule has 0 unspecified atom stereocenters. The van der Waals surface area contributed by atoms with Gasteiger partial charge in [0.05, 0.1) is 5.56 Å². The number of benzene rings is 1. The van der Waals surface area contributed by atoms with Gasteiger partial charge in [0, 0.05) is 24.3 Å². The molecule has 0 saturated heterocycles. The second-order valence-electron chi connectivity index (χ2n) is 4.14. The number of nitrogens with zero attached hydrogens (tertiary/aromatic N) is 1. The van der Waals surface area contributed by atoms with Crippen molar-refractivity contribution in [2.75, 3.05) is 13.3 Å². The molecule has 0 bridgehead atoms. The normalized spacial score (nSPS) is 10.2. The maximum absolute atomic E-state index is 11.8. The van der Waals surface area contributed by atoms with Crippen LogP contribution < -0.4 is 5.32 Å². The number of thioether (sulfide) groups is 1. The Morgan fingerprint density at radius 1 is 1.26 bits per heavy atom. The summed E-state index contributed by atoms with van der Waals surface area (Å²) in [6.45, 7) is 0. The molecule has 4 heteroatoms. The van der Waals surface area contributed by atoms with E-state index < -0.39 is 0 Å². The number of hydrogen-bond acceptors (Lipinski definition) is 3.